The van der Waals surface area contributed by atoms with Crippen LogP contribution in [0.4, 0.5) is 5.69 Å². The number of hydrogen-bond acceptors (Lipinski definition) is 2. The number of piperazine rings is 1. The highest BCUT2D eigenvalue weighted by atomic mass is 79.9. The lowest BCUT2D eigenvalue weighted by Gasteiger charge is -2.33. The van der Waals surface area contributed by atoms with Gasteiger partial charge in [0.25, 0.3) is 5.91 Å². The Labute approximate surface area is 152 Å². The molecule has 1 aromatic rings. The number of halogens is 1. The van der Waals surface area contributed by atoms with Gasteiger partial charge in [0.15, 0.2) is 6.04 Å². The number of ether oxygens (including phenoxy) is 1. The fourth-order valence-electron chi connectivity index (χ4n) is 3.66. The second-order valence-electron chi connectivity index (χ2n) is 6.97. The van der Waals surface area contributed by atoms with Crippen LogP contribution in [-0.2, 0) is 9.53 Å². The number of carbonyl (C=O) groups excluding carboxylic acids is 1. The van der Waals surface area contributed by atoms with E-state index >= 15 is 0 Å². The number of carbonyl (C=O) groups is 1. The molecular formula is C18H28BrN3O2+2. The standard InChI is InChI=1S/C18H26BrN3O2/c1-14(18(23)20-16-6-4-15(19)5-7-16)22-10-8-21(9-11-22)13-17-3-2-12-24-17/h4-7,14,17H,2-3,8-13H2,1H3,(H,20,23)/p+2/t14-,17-/m0/s1. The Morgan fingerprint density at radius 2 is 2.00 bits per heavy atom. The SMILES string of the molecule is C[C@@H](C(=O)Nc1ccc(Br)cc1)[NH+]1CC[NH+](C[C@@H]2CCCO2)CC1. The lowest BCUT2D eigenvalue weighted by Crippen LogP contribution is -3.30. The minimum absolute atomic E-state index is 0.0158. The molecule has 2 aliphatic heterocycles. The van der Waals surface area contributed by atoms with Crippen LogP contribution in [0.2, 0.25) is 0 Å². The van der Waals surface area contributed by atoms with Gasteiger partial charge >= 0.3 is 0 Å². The van der Waals surface area contributed by atoms with Crippen molar-refractivity contribution in [3.63, 3.8) is 0 Å². The molecule has 24 heavy (non-hydrogen) atoms. The molecule has 3 rings (SSSR count). The topological polar surface area (TPSA) is 47.2 Å². The molecule has 0 saturated carbocycles. The third-order valence-corrected chi connectivity index (χ3v) is 5.79. The predicted octanol–water partition coefficient (Wildman–Crippen LogP) is -0.261. The molecule has 1 amide bonds. The van der Waals surface area contributed by atoms with E-state index in [1.807, 2.05) is 31.2 Å². The van der Waals surface area contributed by atoms with Crippen LogP contribution in [0.25, 0.3) is 0 Å². The van der Waals surface area contributed by atoms with Crippen LogP contribution < -0.4 is 15.1 Å². The molecule has 2 fully saturated rings. The first kappa shape index (κ1) is 17.9. The first-order valence-corrected chi connectivity index (χ1v) is 9.77. The number of nitrogens with one attached hydrogen (secondary N) is 3. The summed E-state index contributed by atoms with van der Waals surface area (Å²) in [5.74, 6) is 0.106. The number of hydrogen-bond donors (Lipinski definition) is 3. The van der Waals surface area contributed by atoms with Crippen LogP contribution in [0.1, 0.15) is 19.8 Å². The first-order chi connectivity index (χ1) is 11.6. The third kappa shape index (κ3) is 4.79. The summed E-state index contributed by atoms with van der Waals surface area (Å²) in [7, 11) is 0. The van der Waals surface area contributed by atoms with Crippen molar-refractivity contribution in [2.24, 2.45) is 0 Å². The third-order valence-electron chi connectivity index (χ3n) is 5.26. The zero-order valence-electron chi connectivity index (χ0n) is 14.3. The van der Waals surface area contributed by atoms with Gasteiger partial charge in [-0.3, -0.25) is 4.79 Å². The second kappa shape index (κ2) is 8.43. The van der Waals surface area contributed by atoms with Crippen molar-refractivity contribution in [2.45, 2.75) is 31.9 Å². The van der Waals surface area contributed by atoms with Crippen molar-refractivity contribution in [1.29, 1.82) is 0 Å². The van der Waals surface area contributed by atoms with Gasteiger partial charge in [-0.05, 0) is 44.0 Å². The quantitative estimate of drug-likeness (QED) is 0.640. The Balaban J connectivity index is 1.44. The number of amides is 1. The molecule has 2 aliphatic rings. The fraction of sp³-hybridized carbons (Fsp3) is 0.611. The Morgan fingerprint density at radius 1 is 1.29 bits per heavy atom. The summed E-state index contributed by atoms with van der Waals surface area (Å²) >= 11 is 3.41. The second-order valence-corrected chi connectivity index (χ2v) is 7.88. The van der Waals surface area contributed by atoms with Gasteiger partial charge in [0.1, 0.15) is 38.8 Å². The van der Waals surface area contributed by atoms with E-state index in [0.717, 1.165) is 49.5 Å². The predicted molar refractivity (Wildman–Crippen MR) is 97.5 cm³/mol. The molecule has 1 aromatic carbocycles. The highest BCUT2D eigenvalue weighted by Crippen LogP contribution is 2.14. The number of rotatable bonds is 5. The molecule has 0 aromatic heterocycles. The zero-order chi connectivity index (χ0) is 16.9. The minimum Gasteiger partial charge on any atom is -0.372 e. The fourth-order valence-corrected chi connectivity index (χ4v) is 3.92. The highest BCUT2D eigenvalue weighted by Gasteiger charge is 2.32. The molecule has 0 aliphatic carbocycles. The van der Waals surface area contributed by atoms with Gasteiger partial charge in [-0.15, -0.1) is 0 Å². The molecular weight excluding hydrogens is 370 g/mol. The monoisotopic (exact) mass is 397 g/mol. The zero-order valence-corrected chi connectivity index (χ0v) is 15.9. The van der Waals surface area contributed by atoms with E-state index in [1.54, 1.807) is 4.90 Å². The molecule has 5 nitrogen and oxygen atoms in total. The van der Waals surface area contributed by atoms with E-state index in [-0.39, 0.29) is 11.9 Å². The molecule has 6 heteroatoms. The van der Waals surface area contributed by atoms with Crippen LogP contribution in [0.5, 0.6) is 0 Å². The summed E-state index contributed by atoms with van der Waals surface area (Å²) in [6, 6.07) is 7.72. The van der Waals surface area contributed by atoms with Gasteiger partial charge < -0.3 is 19.9 Å². The van der Waals surface area contributed by atoms with Crippen molar-refractivity contribution < 1.29 is 19.3 Å². The maximum atomic E-state index is 12.5. The molecule has 2 atom stereocenters. The average Bonchev–Trinajstić information content (AvgIpc) is 3.10. The molecule has 0 bridgehead atoms. The van der Waals surface area contributed by atoms with Gasteiger partial charge in [0.2, 0.25) is 0 Å². The van der Waals surface area contributed by atoms with Crippen LogP contribution in [-0.4, -0.2) is 57.4 Å². The van der Waals surface area contributed by atoms with E-state index in [2.05, 4.69) is 21.2 Å². The summed E-state index contributed by atoms with van der Waals surface area (Å²) in [6.07, 6.45) is 2.88. The van der Waals surface area contributed by atoms with Gasteiger partial charge in [0, 0.05) is 16.8 Å². The van der Waals surface area contributed by atoms with E-state index < -0.39 is 0 Å². The molecule has 132 valence electrons. The summed E-state index contributed by atoms with van der Waals surface area (Å²) < 4.78 is 6.77. The lowest BCUT2D eigenvalue weighted by molar-refractivity contribution is -1.02. The van der Waals surface area contributed by atoms with Crippen molar-refractivity contribution in [3.05, 3.63) is 28.7 Å². The van der Waals surface area contributed by atoms with Gasteiger partial charge in [-0.1, -0.05) is 15.9 Å². The molecule has 0 spiro atoms. The molecule has 0 radical (unpaired) electrons. The van der Waals surface area contributed by atoms with Crippen molar-refractivity contribution >= 4 is 27.5 Å². The minimum atomic E-state index is -0.0158. The normalized spacial score (nSPS) is 28.5. The summed E-state index contributed by atoms with van der Waals surface area (Å²) in [6.45, 7) is 8.47. The van der Waals surface area contributed by atoms with Crippen LogP contribution in [0.3, 0.4) is 0 Å². The van der Waals surface area contributed by atoms with Crippen molar-refractivity contribution in [2.75, 3.05) is 44.6 Å². The van der Waals surface area contributed by atoms with E-state index in [9.17, 15) is 4.79 Å². The smallest absolute Gasteiger partial charge is 0.282 e. The van der Waals surface area contributed by atoms with E-state index in [0.29, 0.717) is 6.10 Å². The van der Waals surface area contributed by atoms with Crippen molar-refractivity contribution in [1.82, 2.24) is 0 Å². The average molecular weight is 398 g/mol. The van der Waals surface area contributed by atoms with Crippen LogP contribution in [0.15, 0.2) is 28.7 Å². The Kier molecular flexibility index (Phi) is 6.27. The van der Waals surface area contributed by atoms with Gasteiger partial charge in [-0.2, -0.15) is 0 Å². The van der Waals surface area contributed by atoms with Crippen LogP contribution >= 0.6 is 15.9 Å². The highest BCUT2D eigenvalue weighted by molar-refractivity contribution is 9.10. The molecule has 0 unspecified atom stereocenters. The Bertz CT molecular complexity index is 538. The number of anilines is 1. The molecule has 3 N–H and O–H groups in total. The molecule has 2 heterocycles. The van der Waals surface area contributed by atoms with Crippen molar-refractivity contribution in [3.8, 4) is 0 Å². The van der Waals surface area contributed by atoms with Gasteiger partial charge in [-0.25, -0.2) is 0 Å². The summed E-state index contributed by atoms with van der Waals surface area (Å²) in [4.78, 5) is 15.5. The Hall–Kier alpha value is -0.950. The van der Waals surface area contributed by atoms with Crippen LogP contribution in [0, 0.1) is 0 Å². The first-order valence-electron chi connectivity index (χ1n) is 8.98. The lowest BCUT2D eigenvalue weighted by atomic mass is 10.2. The summed E-state index contributed by atoms with van der Waals surface area (Å²) in [5.41, 5.74) is 0.858. The molecule has 2 saturated heterocycles. The van der Waals surface area contributed by atoms with E-state index in [4.69, 9.17) is 4.74 Å². The Morgan fingerprint density at radius 3 is 2.62 bits per heavy atom. The van der Waals surface area contributed by atoms with Gasteiger partial charge in [0.05, 0.1) is 0 Å². The number of quaternary nitrogens is 2. The summed E-state index contributed by atoms with van der Waals surface area (Å²) in [5, 5.41) is 3.03. The maximum absolute atomic E-state index is 12.5. The largest absolute Gasteiger partial charge is 0.372 e. The number of benzene rings is 1. The maximum Gasteiger partial charge on any atom is 0.282 e. The van der Waals surface area contributed by atoms with E-state index in [1.165, 1.54) is 17.7 Å².